The van der Waals surface area contributed by atoms with E-state index >= 15 is 0 Å². The van der Waals surface area contributed by atoms with Crippen LogP contribution >= 0.6 is 0 Å². The van der Waals surface area contributed by atoms with Gasteiger partial charge in [-0.3, -0.25) is 4.79 Å². The number of carbonyl (C=O) groups excluding carboxylic acids is 1. The molecule has 0 saturated heterocycles. The van der Waals surface area contributed by atoms with Crippen molar-refractivity contribution >= 4 is 11.5 Å². The molecule has 2 N–H and O–H groups in total. The summed E-state index contributed by atoms with van der Waals surface area (Å²) in [6.45, 7) is 23.5. The highest BCUT2D eigenvalue weighted by atomic mass is 16.1. The van der Waals surface area contributed by atoms with E-state index in [2.05, 4.69) is 38.9 Å². The Hall–Kier alpha value is -1.74. The number of ketones is 1. The van der Waals surface area contributed by atoms with E-state index in [-0.39, 0.29) is 11.8 Å². The Kier molecular flexibility index (Phi) is 52.7. The summed E-state index contributed by atoms with van der Waals surface area (Å²) in [4.78, 5) is 10.5. The smallest absolute Gasteiger partial charge is 0.146 e. The number of likely N-dealkylation sites (N-methyl/N-ethyl adjacent to an activating group) is 1. The van der Waals surface area contributed by atoms with Crippen molar-refractivity contribution in [1.82, 2.24) is 5.32 Å². The van der Waals surface area contributed by atoms with E-state index in [0.29, 0.717) is 5.71 Å². The minimum Gasteiger partial charge on any atom is -0.311 e. The molecule has 3 heteroatoms. The highest BCUT2D eigenvalue weighted by Crippen LogP contribution is 1.88. The second-order valence-corrected chi connectivity index (χ2v) is 4.66. The topological polar surface area (TPSA) is 53.0 Å². The molecule has 0 aliphatic rings. The monoisotopic (exact) mass is 338 g/mol. The first-order valence-electron chi connectivity index (χ1n) is 8.40. The van der Waals surface area contributed by atoms with Crippen molar-refractivity contribution in [2.75, 3.05) is 7.05 Å². The molecule has 142 valence electrons. The highest BCUT2D eigenvalue weighted by molar-refractivity contribution is 5.90. The van der Waals surface area contributed by atoms with Crippen LogP contribution in [0.3, 0.4) is 0 Å². The molecule has 3 nitrogen and oxygen atoms in total. The predicted octanol–water partition coefficient (Wildman–Crippen LogP) is 6.14. The molecule has 0 rings (SSSR count). The van der Waals surface area contributed by atoms with Gasteiger partial charge >= 0.3 is 0 Å². The van der Waals surface area contributed by atoms with Crippen LogP contribution in [0.2, 0.25) is 0 Å². The summed E-state index contributed by atoms with van der Waals surface area (Å²) in [5.74, 6) is 0.218. The molecule has 0 bridgehead atoms. The van der Waals surface area contributed by atoms with Crippen molar-refractivity contribution < 1.29 is 4.79 Å². The third kappa shape index (κ3) is 71.4. The summed E-state index contributed by atoms with van der Waals surface area (Å²) in [7, 11) is 1.80. The Labute approximate surface area is 152 Å². The zero-order chi connectivity index (χ0) is 20.4. The van der Waals surface area contributed by atoms with Gasteiger partial charge in [-0.05, 0) is 47.2 Å². The zero-order valence-electron chi connectivity index (χ0n) is 17.4. The van der Waals surface area contributed by atoms with E-state index in [4.69, 9.17) is 5.41 Å². The summed E-state index contributed by atoms with van der Waals surface area (Å²) in [5, 5.41) is 9.76. The van der Waals surface area contributed by atoms with Crippen molar-refractivity contribution in [3.8, 4) is 0 Å². The second-order valence-electron chi connectivity index (χ2n) is 4.66. The zero-order valence-corrected chi connectivity index (χ0v) is 17.4. The van der Waals surface area contributed by atoms with Crippen molar-refractivity contribution in [2.45, 2.75) is 67.3 Å². The molecular weight excluding hydrogens is 296 g/mol. The van der Waals surface area contributed by atoms with Crippen LogP contribution in [-0.2, 0) is 4.79 Å². The Morgan fingerprint density at radius 3 is 1.46 bits per heavy atom. The van der Waals surface area contributed by atoms with Gasteiger partial charge in [-0.25, -0.2) is 0 Å². The maximum absolute atomic E-state index is 10.5. The summed E-state index contributed by atoms with van der Waals surface area (Å²) in [6.07, 6.45) is 10.7. The Balaban J connectivity index is -0.0000000682. The van der Waals surface area contributed by atoms with Gasteiger partial charge in [-0.2, -0.15) is 0 Å². The first-order chi connectivity index (χ1) is 11.2. The number of hydrogen-bond donors (Lipinski definition) is 2. The van der Waals surface area contributed by atoms with Gasteiger partial charge in [-0.1, -0.05) is 58.1 Å². The van der Waals surface area contributed by atoms with Crippen LogP contribution in [0.15, 0.2) is 50.1 Å². The maximum atomic E-state index is 10.5. The van der Waals surface area contributed by atoms with Crippen LogP contribution in [-0.4, -0.2) is 24.6 Å². The van der Waals surface area contributed by atoms with Crippen LogP contribution in [0, 0.1) is 5.41 Å². The molecule has 0 aromatic carbocycles. The summed E-state index contributed by atoms with van der Waals surface area (Å²) < 4.78 is 0. The summed E-state index contributed by atoms with van der Waals surface area (Å²) in [6, 6.07) is 0.0648. The Bertz CT molecular complexity index is 308. The number of allylic oxidation sites excluding steroid dienone is 5. The van der Waals surface area contributed by atoms with Gasteiger partial charge < -0.3 is 10.7 Å². The lowest BCUT2D eigenvalue weighted by molar-refractivity contribution is -0.118. The predicted molar refractivity (Wildman–Crippen MR) is 114 cm³/mol. The first kappa shape index (κ1) is 33.8. The molecule has 0 aromatic heterocycles. The number of nitrogens with one attached hydrogen (secondary N) is 2. The van der Waals surface area contributed by atoms with Crippen molar-refractivity contribution in [3.63, 3.8) is 0 Å². The molecule has 0 heterocycles. The summed E-state index contributed by atoms with van der Waals surface area (Å²) in [5.41, 5.74) is 0.555. The molecule has 24 heavy (non-hydrogen) atoms. The molecule has 0 saturated carbocycles. The van der Waals surface area contributed by atoms with Gasteiger partial charge in [-0.15, -0.1) is 13.2 Å². The normalized spacial score (nSPS) is 9.00. The van der Waals surface area contributed by atoms with Gasteiger partial charge in [0.1, 0.15) is 5.78 Å². The average Bonchev–Trinajstić information content (AvgIpc) is 2.49. The Morgan fingerprint density at radius 1 is 1.08 bits per heavy atom. The lowest BCUT2D eigenvalue weighted by Gasteiger charge is -2.07. The van der Waals surface area contributed by atoms with E-state index in [1.165, 1.54) is 6.42 Å². The molecule has 0 aliphatic carbocycles. The minimum absolute atomic E-state index is 0.0648. The molecule has 0 amide bonds. The van der Waals surface area contributed by atoms with E-state index in [1.807, 2.05) is 20.8 Å². The number of carbonyl (C=O) groups is 1. The molecule has 0 aromatic rings. The molecule has 0 radical (unpaired) electrons. The quantitative estimate of drug-likeness (QED) is 0.359. The molecular formula is C21H42N2O. The van der Waals surface area contributed by atoms with Crippen LogP contribution in [0.25, 0.3) is 0 Å². The highest BCUT2D eigenvalue weighted by Gasteiger charge is 2.05. The largest absolute Gasteiger partial charge is 0.311 e. The fraction of sp³-hybridized carbons (Fsp3) is 0.524. The van der Waals surface area contributed by atoms with Gasteiger partial charge in [0.2, 0.25) is 0 Å². The third-order valence-corrected chi connectivity index (χ3v) is 1.73. The van der Waals surface area contributed by atoms with Crippen molar-refractivity contribution in [3.05, 3.63) is 50.1 Å². The fourth-order valence-electron chi connectivity index (χ4n) is 0.907. The van der Waals surface area contributed by atoms with E-state index in [9.17, 15) is 4.79 Å². The number of rotatable bonds is 5. The lowest BCUT2D eigenvalue weighted by atomic mass is 10.1. The fourth-order valence-corrected chi connectivity index (χ4v) is 0.907. The summed E-state index contributed by atoms with van der Waals surface area (Å²) >= 11 is 0. The standard InChI is InChI=1S/C6H13NO.C6H9N.C3H8.2C3H6/c1-4-6(7-3)5(2)8;1-3-4-5-6(2)7;3*1-3-2/h6-7H,4H2,1-3H3;3-5,7H,1H2,2H3;3H2,1-2H3;2*3H,1H2,2H3/b;5-4-,7-6?;;;/t6-;;;;/m0..../s1. The van der Waals surface area contributed by atoms with E-state index in [1.54, 1.807) is 51.3 Å². The molecule has 0 spiro atoms. The first-order valence-corrected chi connectivity index (χ1v) is 8.40. The lowest BCUT2D eigenvalue weighted by Crippen LogP contribution is -2.31. The van der Waals surface area contributed by atoms with E-state index in [0.717, 1.165) is 6.42 Å². The van der Waals surface area contributed by atoms with Gasteiger partial charge in [0.05, 0.1) is 6.04 Å². The van der Waals surface area contributed by atoms with Crippen LogP contribution in [0.1, 0.15) is 61.3 Å². The van der Waals surface area contributed by atoms with Crippen molar-refractivity contribution in [1.29, 1.82) is 5.41 Å². The number of Topliss-reactive ketones (excluding diaryl/α,β-unsaturated/α-hetero) is 1. The number of hydrogen-bond acceptors (Lipinski definition) is 3. The Morgan fingerprint density at radius 2 is 1.42 bits per heavy atom. The molecule has 0 aliphatic heterocycles. The van der Waals surface area contributed by atoms with Gasteiger partial charge in [0.15, 0.2) is 0 Å². The molecule has 1 atom stereocenters. The van der Waals surface area contributed by atoms with Gasteiger partial charge in [0, 0.05) is 5.71 Å². The molecule has 0 fully saturated rings. The average molecular weight is 339 g/mol. The van der Waals surface area contributed by atoms with Crippen LogP contribution in [0.5, 0.6) is 0 Å². The van der Waals surface area contributed by atoms with Crippen LogP contribution < -0.4 is 5.32 Å². The minimum atomic E-state index is 0.0648. The molecule has 0 unspecified atom stereocenters. The SMILES string of the molecule is C=C/C=C\C(C)=N.C=CC.C=CC.CCC.CC[C@H](NC)C(C)=O. The van der Waals surface area contributed by atoms with E-state index < -0.39 is 0 Å². The maximum Gasteiger partial charge on any atom is 0.146 e. The van der Waals surface area contributed by atoms with Crippen molar-refractivity contribution in [2.24, 2.45) is 0 Å². The van der Waals surface area contributed by atoms with Gasteiger partial charge in [0.25, 0.3) is 0 Å². The van der Waals surface area contributed by atoms with Crippen LogP contribution in [0.4, 0.5) is 0 Å². The second kappa shape index (κ2) is 37.5. The third-order valence-electron chi connectivity index (χ3n) is 1.73.